The molecule has 0 aliphatic carbocycles. The molecule has 0 aromatic heterocycles. The summed E-state index contributed by atoms with van der Waals surface area (Å²) in [6, 6.07) is 1.83. The maximum absolute atomic E-state index is 13.3. The number of alkyl halides is 3. The molecule has 29 heavy (non-hydrogen) atoms. The van der Waals surface area contributed by atoms with Crippen LogP contribution in [0.5, 0.6) is 0 Å². The molecule has 2 amide bonds. The van der Waals surface area contributed by atoms with E-state index in [9.17, 15) is 22.8 Å². The van der Waals surface area contributed by atoms with Crippen molar-refractivity contribution in [3.8, 4) is 0 Å². The van der Waals surface area contributed by atoms with Crippen LogP contribution in [0.25, 0.3) is 6.08 Å². The topological polar surface area (TPSA) is 72.9 Å². The number of nitrogens with one attached hydrogen (secondary N) is 1. The molecular weight excluding hydrogens is 431 g/mol. The molecule has 2 fully saturated rings. The first kappa shape index (κ1) is 21.9. The average Bonchev–Trinajstić information content (AvgIpc) is 2.96. The number of hydrogen-bond donors (Lipinski definition) is 2. The van der Waals surface area contributed by atoms with E-state index in [1.807, 2.05) is 4.90 Å². The largest absolute Gasteiger partial charge is 0.416 e. The van der Waals surface area contributed by atoms with Crippen LogP contribution in [0.4, 0.5) is 23.7 Å². The number of hydrogen-bond acceptors (Lipinski definition) is 6. The number of aliphatic hydroxyl groups excluding tert-OH is 1. The van der Waals surface area contributed by atoms with Crippen LogP contribution >= 0.6 is 23.4 Å². The molecule has 0 saturated carbocycles. The van der Waals surface area contributed by atoms with Gasteiger partial charge in [0.15, 0.2) is 0 Å². The molecule has 1 aromatic carbocycles. The van der Waals surface area contributed by atoms with Crippen molar-refractivity contribution in [2.24, 2.45) is 0 Å². The van der Waals surface area contributed by atoms with E-state index in [1.165, 1.54) is 6.08 Å². The van der Waals surface area contributed by atoms with Gasteiger partial charge in [0.1, 0.15) is 0 Å². The summed E-state index contributed by atoms with van der Waals surface area (Å²) in [5.74, 6) is -0.645. The van der Waals surface area contributed by atoms with Gasteiger partial charge in [-0.2, -0.15) is 13.2 Å². The van der Waals surface area contributed by atoms with E-state index in [2.05, 4.69) is 10.2 Å². The number of piperazine rings is 1. The third-order valence-corrected chi connectivity index (χ3v) is 5.77. The van der Waals surface area contributed by atoms with Gasteiger partial charge in [-0.15, -0.1) is 0 Å². The molecule has 0 radical (unpaired) electrons. The molecule has 158 valence electrons. The lowest BCUT2D eigenvalue weighted by Crippen LogP contribution is -2.47. The van der Waals surface area contributed by atoms with Crippen molar-refractivity contribution >= 4 is 46.3 Å². The quantitative estimate of drug-likeness (QED) is 0.673. The Balaban J connectivity index is 1.95. The molecule has 0 spiro atoms. The van der Waals surface area contributed by atoms with Crippen LogP contribution < -0.4 is 10.2 Å². The van der Waals surface area contributed by atoms with Crippen molar-refractivity contribution < 1.29 is 27.9 Å². The lowest BCUT2D eigenvalue weighted by molar-refractivity contribution is -0.137. The van der Waals surface area contributed by atoms with Crippen molar-refractivity contribution in [3.05, 3.63) is 33.2 Å². The Morgan fingerprint density at radius 1 is 1.21 bits per heavy atom. The number of nitrogens with zero attached hydrogens (tertiary/aromatic N) is 2. The minimum atomic E-state index is -4.60. The minimum Gasteiger partial charge on any atom is -0.396 e. The van der Waals surface area contributed by atoms with Crippen LogP contribution in [0.15, 0.2) is 17.0 Å². The van der Waals surface area contributed by atoms with Gasteiger partial charge in [0.2, 0.25) is 0 Å². The zero-order valence-corrected chi connectivity index (χ0v) is 16.8. The predicted molar refractivity (Wildman–Crippen MR) is 106 cm³/mol. The monoisotopic (exact) mass is 449 g/mol. The van der Waals surface area contributed by atoms with Crippen LogP contribution in [0, 0.1) is 0 Å². The van der Waals surface area contributed by atoms with Crippen molar-refractivity contribution in [2.45, 2.75) is 12.6 Å². The number of benzene rings is 1. The number of halogens is 4. The Hall–Kier alpha value is -1.75. The fourth-order valence-corrected chi connectivity index (χ4v) is 4.30. The highest BCUT2D eigenvalue weighted by Gasteiger charge is 2.34. The first-order valence-electron chi connectivity index (χ1n) is 8.93. The summed E-state index contributed by atoms with van der Waals surface area (Å²) in [7, 11) is 0. The molecule has 0 atom stereocenters. The summed E-state index contributed by atoms with van der Waals surface area (Å²) in [6.45, 7) is 3.24. The number of carbonyl (C=O) groups is 2. The summed E-state index contributed by atoms with van der Waals surface area (Å²) in [5.41, 5.74) is -0.378. The van der Waals surface area contributed by atoms with Crippen LogP contribution in [-0.4, -0.2) is 60.5 Å². The van der Waals surface area contributed by atoms with Gasteiger partial charge in [-0.3, -0.25) is 19.8 Å². The SMILES string of the molecule is O=C1NC(=O)/C(=C/c2cc(C(F)(F)F)cc(Cl)c2N2CCN(CCCO)CC2)S1. The highest BCUT2D eigenvalue weighted by atomic mass is 35.5. The summed E-state index contributed by atoms with van der Waals surface area (Å²) in [4.78, 5) is 27.3. The van der Waals surface area contributed by atoms with E-state index >= 15 is 0 Å². The Labute approximate surface area is 174 Å². The van der Waals surface area contributed by atoms with Gasteiger partial charge in [-0.05, 0) is 36.4 Å². The highest BCUT2D eigenvalue weighted by Crippen LogP contribution is 2.40. The van der Waals surface area contributed by atoms with Gasteiger partial charge in [0.25, 0.3) is 11.1 Å². The second kappa shape index (κ2) is 8.95. The standard InChI is InChI=1S/C18H19ClF3N3O3S/c19-13-10-12(18(20,21)22)8-11(9-14-16(27)23-17(28)29-14)15(13)25-5-3-24(4-6-25)2-1-7-26/h8-10,26H,1-7H2,(H,23,27,28)/b14-9-. The van der Waals surface area contributed by atoms with Crippen LogP contribution in [-0.2, 0) is 11.0 Å². The number of thioether (sulfide) groups is 1. The van der Waals surface area contributed by atoms with E-state index in [0.717, 1.165) is 18.7 Å². The highest BCUT2D eigenvalue weighted by molar-refractivity contribution is 8.18. The molecule has 11 heteroatoms. The van der Waals surface area contributed by atoms with Crippen molar-refractivity contribution in [2.75, 3.05) is 44.2 Å². The van der Waals surface area contributed by atoms with Gasteiger partial charge < -0.3 is 10.0 Å². The molecule has 3 rings (SSSR count). The molecular formula is C18H19ClF3N3O3S. The van der Waals surface area contributed by atoms with Crippen LogP contribution in [0.1, 0.15) is 17.5 Å². The van der Waals surface area contributed by atoms with E-state index < -0.39 is 22.9 Å². The Kier molecular flexibility index (Phi) is 6.77. The van der Waals surface area contributed by atoms with Gasteiger partial charge in [0.05, 0.1) is 21.2 Å². The van der Waals surface area contributed by atoms with Crippen LogP contribution in [0.2, 0.25) is 5.02 Å². The Morgan fingerprint density at radius 2 is 1.90 bits per heavy atom. The maximum atomic E-state index is 13.3. The number of amides is 2. The molecule has 2 aliphatic rings. The van der Waals surface area contributed by atoms with Gasteiger partial charge in [-0.1, -0.05) is 11.6 Å². The fraction of sp³-hybridized carbons (Fsp3) is 0.444. The average molecular weight is 450 g/mol. The lowest BCUT2D eigenvalue weighted by atomic mass is 10.0. The third kappa shape index (κ3) is 5.25. The van der Waals surface area contributed by atoms with Crippen molar-refractivity contribution in [1.82, 2.24) is 10.2 Å². The Bertz CT molecular complexity index is 840. The summed E-state index contributed by atoms with van der Waals surface area (Å²) in [5, 5.41) is 10.4. The van der Waals surface area contributed by atoms with Crippen LogP contribution in [0.3, 0.4) is 0 Å². The zero-order valence-electron chi connectivity index (χ0n) is 15.3. The van der Waals surface area contributed by atoms with E-state index in [1.54, 1.807) is 0 Å². The number of anilines is 1. The van der Waals surface area contributed by atoms with Gasteiger partial charge >= 0.3 is 6.18 Å². The summed E-state index contributed by atoms with van der Waals surface area (Å²) < 4.78 is 39.9. The predicted octanol–water partition coefficient (Wildman–Crippen LogP) is 3.19. The molecule has 6 nitrogen and oxygen atoms in total. The van der Waals surface area contributed by atoms with Crippen molar-refractivity contribution in [3.63, 3.8) is 0 Å². The maximum Gasteiger partial charge on any atom is 0.416 e. The summed E-state index contributed by atoms with van der Waals surface area (Å²) in [6.07, 6.45) is -2.67. The van der Waals surface area contributed by atoms with Gasteiger partial charge in [0, 0.05) is 44.9 Å². The first-order valence-corrected chi connectivity index (χ1v) is 10.1. The second-order valence-electron chi connectivity index (χ2n) is 6.65. The molecule has 2 heterocycles. The lowest BCUT2D eigenvalue weighted by Gasteiger charge is -2.37. The van der Waals surface area contributed by atoms with E-state index in [0.29, 0.717) is 50.0 Å². The molecule has 2 N–H and O–H groups in total. The first-order chi connectivity index (χ1) is 13.7. The summed E-state index contributed by atoms with van der Waals surface area (Å²) >= 11 is 6.89. The molecule has 1 aromatic rings. The van der Waals surface area contributed by atoms with Crippen molar-refractivity contribution in [1.29, 1.82) is 0 Å². The molecule has 2 aliphatic heterocycles. The van der Waals surface area contributed by atoms with Gasteiger partial charge in [-0.25, -0.2) is 0 Å². The molecule has 2 saturated heterocycles. The molecule has 0 bridgehead atoms. The second-order valence-corrected chi connectivity index (χ2v) is 8.07. The smallest absolute Gasteiger partial charge is 0.396 e. The van der Waals surface area contributed by atoms with E-state index in [-0.39, 0.29) is 22.1 Å². The third-order valence-electron chi connectivity index (χ3n) is 4.67. The number of carbonyl (C=O) groups excluding carboxylic acids is 2. The fourth-order valence-electron chi connectivity index (χ4n) is 3.28. The number of rotatable bonds is 5. The number of aliphatic hydroxyl groups is 1. The zero-order chi connectivity index (χ0) is 21.2. The minimum absolute atomic E-state index is 0.0215. The Morgan fingerprint density at radius 3 is 2.45 bits per heavy atom. The van der Waals surface area contributed by atoms with E-state index in [4.69, 9.17) is 16.7 Å². The normalized spacial score (nSPS) is 19.9. The molecule has 0 unspecified atom stereocenters. The number of imide groups is 1.